The predicted molar refractivity (Wildman–Crippen MR) is 92.5 cm³/mol. The molecule has 2 amide bonds. The van der Waals surface area contributed by atoms with Crippen molar-refractivity contribution < 1.29 is 14.3 Å². The number of benzene rings is 1. The molecule has 2 aliphatic rings. The van der Waals surface area contributed by atoms with Gasteiger partial charge >= 0.3 is 0 Å². The van der Waals surface area contributed by atoms with Crippen LogP contribution < -0.4 is 10.6 Å². The second-order valence-corrected chi connectivity index (χ2v) is 7.02. The van der Waals surface area contributed by atoms with Gasteiger partial charge in [-0.15, -0.1) is 0 Å². The van der Waals surface area contributed by atoms with Crippen molar-refractivity contribution in [3.63, 3.8) is 0 Å². The molecular weight excluding hydrogens is 304 g/mol. The fourth-order valence-corrected chi connectivity index (χ4v) is 3.10. The topological polar surface area (TPSA) is 67.4 Å². The Labute approximate surface area is 143 Å². The maximum atomic E-state index is 12.4. The van der Waals surface area contributed by atoms with E-state index in [1.54, 1.807) is 0 Å². The summed E-state index contributed by atoms with van der Waals surface area (Å²) in [6, 6.07) is 7.66. The predicted octanol–water partition coefficient (Wildman–Crippen LogP) is 3.03. The Kier molecular flexibility index (Phi) is 5.19. The molecule has 1 heterocycles. The van der Waals surface area contributed by atoms with Gasteiger partial charge in [-0.05, 0) is 57.2 Å². The summed E-state index contributed by atoms with van der Waals surface area (Å²) in [7, 11) is 0. The van der Waals surface area contributed by atoms with E-state index < -0.39 is 0 Å². The minimum atomic E-state index is -0.0520. The van der Waals surface area contributed by atoms with Crippen LogP contribution in [0.4, 0.5) is 5.69 Å². The van der Waals surface area contributed by atoms with Gasteiger partial charge in [-0.3, -0.25) is 9.59 Å². The average molecular weight is 330 g/mol. The van der Waals surface area contributed by atoms with Crippen LogP contribution in [0.5, 0.6) is 0 Å². The monoisotopic (exact) mass is 330 g/mol. The third kappa shape index (κ3) is 4.35. The Bertz CT molecular complexity index is 595. The Balaban J connectivity index is 1.53. The Hall–Kier alpha value is -1.88. The number of nitrogens with one attached hydrogen (secondary N) is 2. The summed E-state index contributed by atoms with van der Waals surface area (Å²) < 4.78 is 5.50. The molecule has 130 valence electrons. The second-order valence-electron chi connectivity index (χ2n) is 7.02. The van der Waals surface area contributed by atoms with E-state index in [9.17, 15) is 9.59 Å². The molecule has 3 atom stereocenters. The first kappa shape index (κ1) is 17.0. The standard InChI is InChI=1S/C19H26N2O3/c1-12-11-16(9-10-24-12)19(23)20-13(2)14-5-7-17(8-6-14)21-18(22)15-3-4-15/h5-8,12-13,15-16H,3-4,9-11H2,1-2H3,(H,20,23)(H,21,22)/t12-,13-,16-/m1/s1. The third-order valence-corrected chi connectivity index (χ3v) is 4.84. The third-order valence-electron chi connectivity index (χ3n) is 4.84. The van der Waals surface area contributed by atoms with Gasteiger partial charge in [0.15, 0.2) is 0 Å². The number of anilines is 1. The normalized spacial score (nSPS) is 24.9. The van der Waals surface area contributed by atoms with Gasteiger partial charge in [-0.1, -0.05) is 12.1 Å². The van der Waals surface area contributed by atoms with Gasteiger partial charge in [-0.25, -0.2) is 0 Å². The van der Waals surface area contributed by atoms with E-state index in [1.165, 1.54) is 0 Å². The second kappa shape index (κ2) is 7.34. The van der Waals surface area contributed by atoms with E-state index >= 15 is 0 Å². The van der Waals surface area contributed by atoms with Crippen molar-refractivity contribution in [2.75, 3.05) is 11.9 Å². The molecule has 3 rings (SSSR count). The van der Waals surface area contributed by atoms with Gasteiger partial charge in [0.05, 0.1) is 12.1 Å². The van der Waals surface area contributed by atoms with Crippen molar-refractivity contribution in [1.82, 2.24) is 5.32 Å². The lowest BCUT2D eigenvalue weighted by Gasteiger charge is -2.27. The van der Waals surface area contributed by atoms with Crippen LogP contribution in [0.3, 0.4) is 0 Å². The van der Waals surface area contributed by atoms with Gasteiger partial charge < -0.3 is 15.4 Å². The molecule has 5 nitrogen and oxygen atoms in total. The minimum absolute atomic E-state index is 0.0355. The fraction of sp³-hybridized carbons (Fsp3) is 0.579. The molecule has 0 spiro atoms. The van der Waals surface area contributed by atoms with Crippen molar-refractivity contribution in [2.45, 2.75) is 51.7 Å². The molecule has 2 N–H and O–H groups in total. The van der Waals surface area contributed by atoms with Crippen molar-refractivity contribution in [2.24, 2.45) is 11.8 Å². The van der Waals surface area contributed by atoms with E-state index in [-0.39, 0.29) is 35.8 Å². The number of amides is 2. The Morgan fingerprint density at radius 3 is 2.42 bits per heavy atom. The lowest BCUT2D eigenvalue weighted by Crippen LogP contribution is -2.37. The Morgan fingerprint density at radius 1 is 1.08 bits per heavy atom. The molecule has 1 aliphatic heterocycles. The van der Waals surface area contributed by atoms with Crippen LogP contribution in [-0.2, 0) is 14.3 Å². The van der Waals surface area contributed by atoms with Crippen LogP contribution >= 0.6 is 0 Å². The SMILES string of the molecule is C[C@@H]1C[C@H](C(=O)N[C@H](C)c2ccc(NC(=O)C3CC3)cc2)CCO1. The van der Waals surface area contributed by atoms with Gasteiger partial charge in [0, 0.05) is 24.1 Å². The number of carbonyl (C=O) groups excluding carboxylic acids is 2. The smallest absolute Gasteiger partial charge is 0.227 e. The molecule has 1 saturated heterocycles. The van der Waals surface area contributed by atoms with Crippen molar-refractivity contribution in [1.29, 1.82) is 0 Å². The summed E-state index contributed by atoms with van der Waals surface area (Å²) in [4.78, 5) is 24.2. The summed E-state index contributed by atoms with van der Waals surface area (Å²) in [5, 5.41) is 6.02. The maximum Gasteiger partial charge on any atom is 0.227 e. The molecule has 0 aromatic heterocycles. The first-order chi connectivity index (χ1) is 11.5. The molecule has 2 fully saturated rings. The van der Waals surface area contributed by atoms with Crippen LogP contribution in [0, 0.1) is 11.8 Å². The zero-order valence-electron chi connectivity index (χ0n) is 14.4. The van der Waals surface area contributed by atoms with E-state index in [4.69, 9.17) is 4.74 Å². The number of rotatable bonds is 5. The highest BCUT2D eigenvalue weighted by atomic mass is 16.5. The number of hydrogen-bond acceptors (Lipinski definition) is 3. The number of hydrogen-bond donors (Lipinski definition) is 2. The van der Waals surface area contributed by atoms with E-state index in [2.05, 4.69) is 10.6 Å². The van der Waals surface area contributed by atoms with Gasteiger partial charge in [0.2, 0.25) is 11.8 Å². The molecule has 1 saturated carbocycles. The van der Waals surface area contributed by atoms with Crippen LogP contribution in [-0.4, -0.2) is 24.5 Å². The van der Waals surface area contributed by atoms with Crippen LogP contribution in [0.2, 0.25) is 0 Å². The number of ether oxygens (including phenoxy) is 1. The van der Waals surface area contributed by atoms with E-state index in [1.807, 2.05) is 38.1 Å². The molecule has 0 radical (unpaired) electrons. The molecule has 24 heavy (non-hydrogen) atoms. The first-order valence-corrected chi connectivity index (χ1v) is 8.85. The first-order valence-electron chi connectivity index (χ1n) is 8.85. The highest BCUT2D eigenvalue weighted by Gasteiger charge is 2.29. The van der Waals surface area contributed by atoms with E-state index in [0.29, 0.717) is 6.61 Å². The van der Waals surface area contributed by atoms with Gasteiger partial charge in [0.1, 0.15) is 0 Å². The zero-order chi connectivity index (χ0) is 17.1. The van der Waals surface area contributed by atoms with Crippen molar-refractivity contribution in [3.05, 3.63) is 29.8 Å². The molecule has 0 unspecified atom stereocenters. The van der Waals surface area contributed by atoms with Crippen molar-refractivity contribution in [3.8, 4) is 0 Å². The fourth-order valence-electron chi connectivity index (χ4n) is 3.10. The molecule has 0 bridgehead atoms. The lowest BCUT2D eigenvalue weighted by atomic mass is 9.94. The van der Waals surface area contributed by atoms with Gasteiger partial charge in [-0.2, -0.15) is 0 Å². The maximum absolute atomic E-state index is 12.4. The van der Waals surface area contributed by atoms with Crippen LogP contribution in [0.15, 0.2) is 24.3 Å². The Morgan fingerprint density at radius 2 is 1.79 bits per heavy atom. The van der Waals surface area contributed by atoms with E-state index in [0.717, 1.165) is 36.9 Å². The highest BCUT2D eigenvalue weighted by Crippen LogP contribution is 2.30. The summed E-state index contributed by atoms with van der Waals surface area (Å²) in [6.45, 7) is 4.65. The molecule has 1 aromatic carbocycles. The zero-order valence-corrected chi connectivity index (χ0v) is 14.4. The quantitative estimate of drug-likeness (QED) is 0.872. The lowest BCUT2D eigenvalue weighted by molar-refractivity contribution is -0.130. The van der Waals surface area contributed by atoms with Crippen molar-refractivity contribution >= 4 is 17.5 Å². The molecule has 1 aliphatic carbocycles. The molecular formula is C19H26N2O3. The van der Waals surface area contributed by atoms with Gasteiger partial charge in [0.25, 0.3) is 0 Å². The largest absolute Gasteiger partial charge is 0.378 e. The average Bonchev–Trinajstić information content (AvgIpc) is 3.40. The number of carbonyl (C=O) groups is 2. The highest BCUT2D eigenvalue weighted by molar-refractivity contribution is 5.94. The summed E-state index contributed by atoms with van der Waals surface area (Å²) >= 11 is 0. The molecule has 5 heteroatoms. The summed E-state index contributed by atoms with van der Waals surface area (Å²) in [5.41, 5.74) is 1.85. The van der Waals surface area contributed by atoms with Crippen LogP contribution in [0.1, 0.15) is 51.1 Å². The summed E-state index contributed by atoms with van der Waals surface area (Å²) in [5.74, 6) is 0.444. The summed E-state index contributed by atoms with van der Waals surface area (Å²) in [6.07, 6.45) is 3.72. The van der Waals surface area contributed by atoms with Crippen LogP contribution in [0.25, 0.3) is 0 Å². The minimum Gasteiger partial charge on any atom is -0.378 e. The molecule has 1 aromatic rings.